The van der Waals surface area contributed by atoms with Crippen LogP contribution in [0.3, 0.4) is 0 Å². The van der Waals surface area contributed by atoms with Crippen molar-refractivity contribution in [1.82, 2.24) is 15.2 Å². The van der Waals surface area contributed by atoms with Crippen LogP contribution in [-0.4, -0.2) is 21.1 Å². The Balaban J connectivity index is 1.74. The van der Waals surface area contributed by atoms with Gasteiger partial charge in [-0.3, -0.25) is 9.89 Å². The summed E-state index contributed by atoms with van der Waals surface area (Å²) in [7, 11) is 0. The maximum atomic E-state index is 12.0. The lowest BCUT2D eigenvalue weighted by Crippen LogP contribution is -2.13. The van der Waals surface area contributed by atoms with Crippen LogP contribution in [-0.2, 0) is 0 Å². The third-order valence-corrected chi connectivity index (χ3v) is 4.08. The van der Waals surface area contributed by atoms with E-state index in [9.17, 15) is 4.79 Å². The molecule has 98 valence electrons. The Morgan fingerprint density at radius 3 is 2.95 bits per heavy atom. The first kappa shape index (κ1) is 12.6. The number of aromatic amines is 1. The third-order valence-electron chi connectivity index (χ3n) is 2.85. The number of halogens is 2. The molecule has 1 fully saturated rings. The molecule has 0 atom stereocenters. The van der Waals surface area contributed by atoms with Gasteiger partial charge in [-0.1, -0.05) is 11.6 Å². The summed E-state index contributed by atoms with van der Waals surface area (Å²) in [6.07, 6.45) is 2.22. The highest BCUT2D eigenvalue weighted by molar-refractivity contribution is 9.10. The topological polar surface area (TPSA) is 70.7 Å². The molecule has 1 aliphatic carbocycles. The van der Waals surface area contributed by atoms with Crippen molar-refractivity contribution in [2.75, 3.05) is 5.32 Å². The van der Waals surface area contributed by atoms with Gasteiger partial charge in [0.2, 0.25) is 5.82 Å². The van der Waals surface area contributed by atoms with Gasteiger partial charge in [0.05, 0.1) is 5.02 Å². The first-order valence-corrected chi connectivity index (χ1v) is 6.99. The van der Waals surface area contributed by atoms with E-state index in [1.807, 2.05) is 0 Å². The summed E-state index contributed by atoms with van der Waals surface area (Å²) in [6, 6.07) is 5.19. The number of aromatic nitrogens is 3. The Kier molecular flexibility index (Phi) is 3.28. The zero-order chi connectivity index (χ0) is 13.4. The van der Waals surface area contributed by atoms with Gasteiger partial charge >= 0.3 is 0 Å². The molecule has 3 rings (SSSR count). The molecule has 0 radical (unpaired) electrons. The van der Waals surface area contributed by atoms with E-state index in [-0.39, 0.29) is 11.7 Å². The molecule has 5 nitrogen and oxygen atoms in total. The molecule has 0 bridgehead atoms. The fourth-order valence-electron chi connectivity index (χ4n) is 1.68. The van der Waals surface area contributed by atoms with Crippen LogP contribution in [0.1, 0.15) is 35.2 Å². The molecule has 0 spiro atoms. The summed E-state index contributed by atoms with van der Waals surface area (Å²) in [5.74, 6) is 1.04. The van der Waals surface area contributed by atoms with Crippen molar-refractivity contribution >= 4 is 39.1 Å². The maximum absolute atomic E-state index is 12.0. The van der Waals surface area contributed by atoms with Gasteiger partial charge in [0.1, 0.15) is 5.82 Å². The summed E-state index contributed by atoms with van der Waals surface area (Å²) in [4.78, 5) is 16.1. The van der Waals surface area contributed by atoms with E-state index in [4.69, 9.17) is 11.6 Å². The highest BCUT2D eigenvalue weighted by Gasteiger charge is 2.28. The molecular weight excluding hydrogens is 332 g/mol. The van der Waals surface area contributed by atoms with E-state index in [0.29, 0.717) is 16.6 Å². The minimum absolute atomic E-state index is 0.154. The van der Waals surface area contributed by atoms with Gasteiger partial charge in [-0.15, -0.1) is 5.10 Å². The molecule has 19 heavy (non-hydrogen) atoms. The maximum Gasteiger partial charge on any atom is 0.295 e. The van der Waals surface area contributed by atoms with Crippen molar-refractivity contribution in [3.8, 4) is 0 Å². The lowest BCUT2D eigenvalue weighted by molar-refractivity contribution is 0.101. The largest absolute Gasteiger partial charge is 0.319 e. The fraction of sp³-hybridized carbons (Fsp3) is 0.250. The molecule has 1 saturated carbocycles. The lowest BCUT2D eigenvalue weighted by atomic mass is 10.3. The van der Waals surface area contributed by atoms with Crippen LogP contribution in [0.5, 0.6) is 0 Å². The van der Waals surface area contributed by atoms with Crippen LogP contribution < -0.4 is 5.32 Å². The molecule has 1 aliphatic rings. The molecular formula is C12H10BrClN4O. The number of hydrogen-bond acceptors (Lipinski definition) is 3. The van der Waals surface area contributed by atoms with Crippen molar-refractivity contribution in [3.05, 3.63) is 39.3 Å². The average molecular weight is 342 g/mol. The van der Waals surface area contributed by atoms with Crippen LogP contribution in [0, 0.1) is 0 Å². The van der Waals surface area contributed by atoms with Crippen LogP contribution in [0.2, 0.25) is 5.02 Å². The average Bonchev–Trinajstić information content (AvgIpc) is 3.11. The summed E-state index contributed by atoms with van der Waals surface area (Å²) in [5.41, 5.74) is 0.607. The van der Waals surface area contributed by atoms with Gasteiger partial charge in [-0.05, 0) is 47.0 Å². The minimum atomic E-state index is -0.346. The van der Waals surface area contributed by atoms with Crippen molar-refractivity contribution in [2.24, 2.45) is 0 Å². The molecule has 1 amide bonds. The first-order chi connectivity index (χ1) is 9.13. The van der Waals surface area contributed by atoms with Gasteiger partial charge in [-0.25, -0.2) is 4.98 Å². The molecule has 1 aromatic carbocycles. The number of rotatable bonds is 3. The number of anilines is 1. The predicted molar refractivity (Wildman–Crippen MR) is 75.5 cm³/mol. The summed E-state index contributed by atoms with van der Waals surface area (Å²) < 4.78 is 0.779. The Bertz CT molecular complexity index is 638. The summed E-state index contributed by atoms with van der Waals surface area (Å²) in [6.45, 7) is 0. The lowest BCUT2D eigenvalue weighted by Gasteiger charge is -2.03. The Labute approximate surface area is 122 Å². The highest BCUT2D eigenvalue weighted by atomic mass is 79.9. The van der Waals surface area contributed by atoms with E-state index < -0.39 is 0 Å². The number of carbonyl (C=O) groups excluding carboxylic acids is 1. The van der Waals surface area contributed by atoms with Gasteiger partial charge in [-0.2, -0.15) is 0 Å². The van der Waals surface area contributed by atoms with Crippen LogP contribution >= 0.6 is 27.5 Å². The van der Waals surface area contributed by atoms with Gasteiger partial charge in [0.25, 0.3) is 5.91 Å². The van der Waals surface area contributed by atoms with Crippen molar-refractivity contribution in [3.63, 3.8) is 0 Å². The Morgan fingerprint density at radius 1 is 1.47 bits per heavy atom. The molecule has 0 saturated heterocycles. The second kappa shape index (κ2) is 4.94. The first-order valence-electron chi connectivity index (χ1n) is 5.82. The monoisotopic (exact) mass is 340 g/mol. The normalized spacial score (nSPS) is 14.4. The SMILES string of the molecule is O=C(Nc1ccc(Br)c(Cl)c1)c1n[nH]c(C2CC2)n1. The van der Waals surface area contributed by atoms with E-state index in [2.05, 4.69) is 36.4 Å². The number of H-pyrrole nitrogens is 1. The number of nitrogens with zero attached hydrogens (tertiary/aromatic N) is 2. The minimum Gasteiger partial charge on any atom is -0.319 e. The molecule has 0 unspecified atom stereocenters. The molecule has 2 N–H and O–H groups in total. The molecule has 1 aromatic heterocycles. The summed E-state index contributed by atoms with van der Waals surface area (Å²) in [5, 5.41) is 9.97. The molecule has 0 aliphatic heterocycles. The van der Waals surface area contributed by atoms with Crippen molar-refractivity contribution < 1.29 is 4.79 Å². The second-order valence-electron chi connectivity index (χ2n) is 4.40. The van der Waals surface area contributed by atoms with Crippen molar-refractivity contribution in [1.29, 1.82) is 0 Å². The predicted octanol–water partition coefficient (Wildman–Crippen LogP) is 3.35. The van der Waals surface area contributed by atoms with E-state index >= 15 is 0 Å². The quantitative estimate of drug-likeness (QED) is 0.899. The van der Waals surface area contributed by atoms with Crippen LogP contribution in [0.4, 0.5) is 5.69 Å². The Hall–Kier alpha value is -1.40. The smallest absolute Gasteiger partial charge is 0.295 e. The highest BCUT2D eigenvalue weighted by Crippen LogP contribution is 2.37. The van der Waals surface area contributed by atoms with Gasteiger partial charge in [0, 0.05) is 16.1 Å². The van der Waals surface area contributed by atoms with Gasteiger partial charge in [0.15, 0.2) is 0 Å². The van der Waals surface area contributed by atoms with Crippen LogP contribution in [0.15, 0.2) is 22.7 Å². The van der Waals surface area contributed by atoms with E-state index in [1.54, 1.807) is 18.2 Å². The summed E-state index contributed by atoms with van der Waals surface area (Å²) >= 11 is 9.25. The molecule has 2 aromatic rings. The van der Waals surface area contributed by atoms with Gasteiger partial charge < -0.3 is 5.32 Å². The van der Waals surface area contributed by atoms with E-state index in [0.717, 1.165) is 23.1 Å². The molecule has 7 heteroatoms. The van der Waals surface area contributed by atoms with E-state index in [1.165, 1.54) is 0 Å². The fourth-order valence-corrected chi connectivity index (χ4v) is 2.10. The number of benzene rings is 1. The number of carbonyl (C=O) groups is 1. The third kappa shape index (κ3) is 2.79. The Morgan fingerprint density at radius 2 is 2.26 bits per heavy atom. The number of amides is 1. The number of nitrogens with one attached hydrogen (secondary N) is 2. The van der Waals surface area contributed by atoms with Crippen LogP contribution in [0.25, 0.3) is 0 Å². The van der Waals surface area contributed by atoms with Crippen molar-refractivity contribution in [2.45, 2.75) is 18.8 Å². The number of hydrogen-bond donors (Lipinski definition) is 2. The molecule has 1 heterocycles. The zero-order valence-electron chi connectivity index (χ0n) is 9.78. The second-order valence-corrected chi connectivity index (χ2v) is 5.66. The standard InChI is InChI=1S/C12H10BrClN4O/c13-8-4-3-7(5-9(8)14)15-12(19)11-16-10(17-18-11)6-1-2-6/h3-6H,1-2H2,(H,15,19)(H,16,17,18). The zero-order valence-corrected chi connectivity index (χ0v) is 12.1.